The lowest BCUT2D eigenvalue weighted by atomic mass is 9.94. The van der Waals surface area contributed by atoms with E-state index >= 15 is 0 Å². The second-order valence-corrected chi connectivity index (χ2v) is 5.65. The largest absolute Gasteiger partial charge is 0.481 e. The number of nitrogens with zero attached hydrogens (tertiary/aromatic N) is 1. The van der Waals surface area contributed by atoms with Crippen molar-refractivity contribution in [3.05, 3.63) is 0 Å². The van der Waals surface area contributed by atoms with Gasteiger partial charge < -0.3 is 15.7 Å². The molecule has 2 amide bonds. The molecule has 0 saturated heterocycles. The van der Waals surface area contributed by atoms with Crippen molar-refractivity contribution in [1.29, 1.82) is 0 Å². The summed E-state index contributed by atoms with van der Waals surface area (Å²) in [7, 11) is 0. The van der Waals surface area contributed by atoms with Crippen molar-refractivity contribution in [2.24, 2.45) is 23.5 Å². The molecule has 0 aliphatic heterocycles. The molecule has 0 bridgehead atoms. The smallest absolute Gasteiger partial charge is 0.307 e. The Balaban J connectivity index is 2.89. The van der Waals surface area contributed by atoms with E-state index in [0.717, 1.165) is 0 Å². The van der Waals surface area contributed by atoms with E-state index in [4.69, 9.17) is 5.73 Å². The Morgan fingerprint density at radius 1 is 1.26 bits per heavy atom. The van der Waals surface area contributed by atoms with E-state index in [-0.39, 0.29) is 24.4 Å². The highest BCUT2D eigenvalue weighted by atomic mass is 16.4. The third kappa shape index (κ3) is 3.68. The fourth-order valence-electron chi connectivity index (χ4n) is 2.73. The van der Waals surface area contributed by atoms with Crippen LogP contribution >= 0.6 is 0 Å². The number of nitrogens with two attached hydrogens (primary N) is 1. The van der Waals surface area contributed by atoms with Gasteiger partial charge in [0.2, 0.25) is 11.8 Å². The molecule has 0 aromatic rings. The number of carbonyl (C=O) groups is 3. The highest BCUT2D eigenvalue weighted by Crippen LogP contribution is 2.37. The molecule has 1 fully saturated rings. The first-order valence-electron chi connectivity index (χ1n) is 6.55. The lowest BCUT2D eigenvalue weighted by molar-refractivity contribution is -0.150. The van der Waals surface area contributed by atoms with Gasteiger partial charge in [0.25, 0.3) is 0 Å². The van der Waals surface area contributed by atoms with Gasteiger partial charge in [-0.15, -0.1) is 0 Å². The zero-order valence-corrected chi connectivity index (χ0v) is 11.6. The van der Waals surface area contributed by atoms with Gasteiger partial charge in [0.1, 0.15) is 0 Å². The predicted molar refractivity (Wildman–Crippen MR) is 69.1 cm³/mol. The van der Waals surface area contributed by atoms with Gasteiger partial charge in [-0.2, -0.15) is 0 Å². The van der Waals surface area contributed by atoms with Crippen LogP contribution in [0.25, 0.3) is 0 Å². The Labute approximate surface area is 112 Å². The molecule has 0 heterocycles. The second kappa shape index (κ2) is 6.04. The zero-order valence-electron chi connectivity index (χ0n) is 11.6. The minimum absolute atomic E-state index is 0.159. The van der Waals surface area contributed by atoms with Gasteiger partial charge in [-0.3, -0.25) is 14.4 Å². The number of aliphatic carboxylic acids is 1. The molecule has 108 valence electrons. The van der Waals surface area contributed by atoms with E-state index in [1.54, 1.807) is 13.8 Å². The van der Waals surface area contributed by atoms with Crippen LogP contribution in [0.4, 0.5) is 0 Å². The number of carboxylic acids is 1. The van der Waals surface area contributed by atoms with Crippen molar-refractivity contribution in [3.63, 3.8) is 0 Å². The van der Waals surface area contributed by atoms with Crippen LogP contribution in [0, 0.1) is 17.8 Å². The van der Waals surface area contributed by atoms with Crippen molar-refractivity contribution < 1.29 is 19.5 Å². The van der Waals surface area contributed by atoms with Crippen LogP contribution in [0.5, 0.6) is 0 Å². The molecule has 3 N–H and O–H groups in total. The summed E-state index contributed by atoms with van der Waals surface area (Å²) in [6.45, 7) is 5.36. The van der Waals surface area contributed by atoms with Crippen LogP contribution in [-0.4, -0.2) is 40.4 Å². The molecule has 1 saturated carbocycles. The standard InChI is InChI=1S/C13H22N2O4/c1-7(2)15(6-11(14)16)12(17)9-4-8(3)5-10(9)13(18)19/h7-10H,4-6H2,1-3H3,(H2,14,16)(H,18,19)/t8?,9-,10+/m0/s1. The predicted octanol–water partition coefficient (Wildman–Crippen LogP) is 0.456. The Morgan fingerprint density at radius 3 is 2.21 bits per heavy atom. The van der Waals surface area contributed by atoms with Gasteiger partial charge in [-0.05, 0) is 32.6 Å². The van der Waals surface area contributed by atoms with E-state index in [1.165, 1.54) is 4.90 Å². The third-order valence-electron chi connectivity index (χ3n) is 3.67. The average molecular weight is 270 g/mol. The van der Waals surface area contributed by atoms with Gasteiger partial charge in [-0.1, -0.05) is 6.92 Å². The minimum Gasteiger partial charge on any atom is -0.481 e. The van der Waals surface area contributed by atoms with Crippen LogP contribution in [0.1, 0.15) is 33.6 Å². The third-order valence-corrected chi connectivity index (χ3v) is 3.67. The quantitative estimate of drug-likeness (QED) is 0.757. The van der Waals surface area contributed by atoms with Gasteiger partial charge in [-0.25, -0.2) is 0 Å². The molecule has 19 heavy (non-hydrogen) atoms. The molecule has 1 unspecified atom stereocenters. The maximum Gasteiger partial charge on any atom is 0.307 e. The summed E-state index contributed by atoms with van der Waals surface area (Å²) in [5.41, 5.74) is 5.14. The molecule has 1 aliphatic carbocycles. The molecule has 6 nitrogen and oxygen atoms in total. The molecule has 0 aromatic carbocycles. The molecule has 0 radical (unpaired) electrons. The van der Waals surface area contributed by atoms with E-state index in [1.807, 2.05) is 6.92 Å². The van der Waals surface area contributed by atoms with E-state index in [0.29, 0.717) is 12.8 Å². The highest BCUT2D eigenvalue weighted by molar-refractivity contribution is 5.88. The van der Waals surface area contributed by atoms with Crippen molar-refractivity contribution >= 4 is 17.8 Å². The summed E-state index contributed by atoms with van der Waals surface area (Å²) in [5, 5.41) is 9.19. The van der Waals surface area contributed by atoms with Gasteiger partial charge >= 0.3 is 5.97 Å². The summed E-state index contributed by atoms with van der Waals surface area (Å²) in [6.07, 6.45) is 1.06. The summed E-state index contributed by atoms with van der Waals surface area (Å²) in [6, 6.07) is -0.176. The van der Waals surface area contributed by atoms with E-state index in [2.05, 4.69) is 0 Å². The van der Waals surface area contributed by atoms with Gasteiger partial charge in [0, 0.05) is 6.04 Å². The average Bonchev–Trinajstić information content (AvgIpc) is 2.67. The zero-order chi connectivity index (χ0) is 14.7. The first-order valence-corrected chi connectivity index (χ1v) is 6.55. The molecule has 6 heteroatoms. The van der Waals surface area contributed by atoms with Gasteiger partial charge in [0.15, 0.2) is 0 Å². The molecule has 0 spiro atoms. The Morgan fingerprint density at radius 2 is 1.79 bits per heavy atom. The maximum atomic E-state index is 12.4. The Hall–Kier alpha value is -1.59. The topological polar surface area (TPSA) is 101 Å². The number of primary amides is 1. The second-order valence-electron chi connectivity index (χ2n) is 5.65. The molecule has 3 atom stereocenters. The fraction of sp³-hybridized carbons (Fsp3) is 0.769. The first kappa shape index (κ1) is 15.5. The Kier molecular flexibility index (Phi) is 4.91. The summed E-state index contributed by atoms with van der Waals surface area (Å²) in [5.74, 6) is -2.79. The van der Waals surface area contributed by atoms with Crippen molar-refractivity contribution in [1.82, 2.24) is 4.90 Å². The number of carboxylic acid groups (broad SMARTS) is 1. The monoisotopic (exact) mass is 270 g/mol. The van der Waals surface area contributed by atoms with Crippen LogP contribution in [-0.2, 0) is 14.4 Å². The van der Waals surface area contributed by atoms with Crippen LogP contribution < -0.4 is 5.73 Å². The molecule has 0 aromatic heterocycles. The van der Waals surface area contributed by atoms with Crippen LogP contribution in [0.2, 0.25) is 0 Å². The number of amides is 2. The molecule has 1 rings (SSSR count). The fourth-order valence-corrected chi connectivity index (χ4v) is 2.73. The Bertz CT molecular complexity index is 381. The van der Waals surface area contributed by atoms with Crippen LogP contribution in [0.3, 0.4) is 0 Å². The van der Waals surface area contributed by atoms with Crippen molar-refractivity contribution in [2.75, 3.05) is 6.54 Å². The number of carbonyl (C=O) groups excluding carboxylic acids is 2. The lowest BCUT2D eigenvalue weighted by Crippen LogP contribution is -2.47. The van der Waals surface area contributed by atoms with E-state index in [9.17, 15) is 19.5 Å². The normalized spacial score (nSPS) is 26.4. The molecule has 1 aliphatic rings. The molecular weight excluding hydrogens is 248 g/mol. The number of hydrogen-bond donors (Lipinski definition) is 2. The van der Waals surface area contributed by atoms with Crippen molar-refractivity contribution in [2.45, 2.75) is 39.7 Å². The lowest BCUT2D eigenvalue weighted by Gasteiger charge is -2.29. The molecular formula is C13H22N2O4. The summed E-state index contributed by atoms with van der Waals surface area (Å²) < 4.78 is 0. The summed E-state index contributed by atoms with van der Waals surface area (Å²) in [4.78, 5) is 36.1. The van der Waals surface area contributed by atoms with Crippen molar-refractivity contribution in [3.8, 4) is 0 Å². The van der Waals surface area contributed by atoms with Gasteiger partial charge in [0.05, 0.1) is 18.4 Å². The summed E-state index contributed by atoms with van der Waals surface area (Å²) >= 11 is 0. The SMILES string of the molecule is CC1C[C@H](C(=O)N(CC(N)=O)C(C)C)[C@H](C(=O)O)C1. The van der Waals surface area contributed by atoms with Crippen LogP contribution in [0.15, 0.2) is 0 Å². The first-order chi connectivity index (χ1) is 8.73. The minimum atomic E-state index is -0.939. The maximum absolute atomic E-state index is 12.4. The highest BCUT2D eigenvalue weighted by Gasteiger charge is 2.43. The number of rotatable bonds is 5. The number of hydrogen-bond acceptors (Lipinski definition) is 3. The van der Waals surface area contributed by atoms with E-state index < -0.39 is 23.7 Å².